The number of halogens is 1. The number of allylic oxidation sites excluding steroid dienone is 1. The van der Waals surface area contributed by atoms with E-state index in [0.29, 0.717) is 18.6 Å². The Morgan fingerprint density at radius 3 is 1.74 bits per heavy atom. The molecular formula is C26H54BrO2PSi. The van der Waals surface area contributed by atoms with Crippen molar-refractivity contribution < 1.29 is 26.2 Å². The number of hydrogen-bond donors (Lipinski definition) is 0. The summed E-state index contributed by atoms with van der Waals surface area (Å²) in [6, 6.07) is 0. The molecule has 0 radical (unpaired) electrons. The van der Waals surface area contributed by atoms with E-state index in [9.17, 15) is 4.79 Å². The van der Waals surface area contributed by atoms with Crippen LogP contribution in [0.3, 0.4) is 0 Å². The van der Waals surface area contributed by atoms with Gasteiger partial charge in [-0.05, 0) is 43.5 Å². The quantitative estimate of drug-likeness (QED) is 0.135. The van der Waals surface area contributed by atoms with Crippen molar-refractivity contribution in [2.45, 2.75) is 124 Å². The zero-order valence-electron chi connectivity index (χ0n) is 22.4. The molecule has 0 aliphatic heterocycles. The Hall–Kier alpha value is 0.497. The number of Topliss-reactive ketones (excluding diaryl/α,β-unsaturated/α-hetero) is 1. The number of carbonyl (C=O) groups excluding carboxylic acids is 1. The highest BCUT2D eigenvalue weighted by molar-refractivity contribution is 7.76. The minimum absolute atomic E-state index is 0. The van der Waals surface area contributed by atoms with Crippen molar-refractivity contribution in [3.8, 4) is 0 Å². The summed E-state index contributed by atoms with van der Waals surface area (Å²) in [6.07, 6.45) is 19.3. The first-order valence-electron chi connectivity index (χ1n) is 12.7. The summed E-state index contributed by atoms with van der Waals surface area (Å²) in [5, 5.41) is 0.161. The summed E-state index contributed by atoms with van der Waals surface area (Å²) in [5.41, 5.74) is 0. The van der Waals surface area contributed by atoms with Crippen molar-refractivity contribution in [1.29, 1.82) is 0 Å². The number of ketones is 1. The number of carbonyl (C=O) groups is 1. The normalized spacial score (nSPS) is 14.0. The molecule has 0 amide bonds. The summed E-state index contributed by atoms with van der Waals surface area (Å²) in [6.45, 7) is 20.4. The second kappa shape index (κ2) is 17.0. The Bertz CT molecular complexity index is 478. The SMILES string of the molecule is CCCC[P+](C/C=C/[C@@H](CC(=O)CC)O[Si](C)(C)C(C)(C)C)(CCCC)CCCC.[Br-]. The van der Waals surface area contributed by atoms with Crippen LogP contribution in [0.15, 0.2) is 12.2 Å². The highest BCUT2D eigenvalue weighted by Crippen LogP contribution is 2.60. The minimum atomic E-state index is -1.90. The van der Waals surface area contributed by atoms with Crippen LogP contribution in [0.2, 0.25) is 18.1 Å². The molecule has 0 N–H and O–H groups in total. The van der Waals surface area contributed by atoms with Gasteiger partial charge < -0.3 is 21.4 Å². The lowest BCUT2D eigenvalue weighted by atomic mass is 10.1. The predicted molar refractivity (Wildman–Crippen MR) is 142 cm³/mol. The first kappa shape index (κ1) is 33.7. The first-order valence-corrected chi connectivity index (χ1v) is 18.1. The zero-order valence-corrected chi connectivity index (χ0v) is 25.8. The summed E-state index contributed by atoms with van der Waals surface area (Å²) in [4.78, 5) is 12.3. The molecule has 0 heterocycles. The molecule has 5 heteroatoms. The molecule has 0 unspecified atom stereocenters. The smallest absolute Gasteiger partial charge is 0.192 e. The van der Waals surface area contributed by atoms with Crippen molar-refractivity contribution in [3.63, 3.8) is 0 Å². The second-order valence-corrected chi connectivity index (χ2v) is 19.8. The van der Waals surface area contributed by atoms with Crippen molar-refractivity contribution >= 4 is 21.4 Å². The van der Waals surface area contributed by atoms with Gasteiger partial charge in [-0.2, -0.15) is 0 Å². The van der Waals surface area contributed by atoms with Gasteiger partial charge in [0, 0.05) is 20.1 Å². The van der Waals surface area contributed by atoms with Crippen LogP contribution in [0.1, 0.15) is 99.8 Å². The maximum Gasteiger partial charge on any atom is 0.192 e. The molecule has 0 aromatic heterocycles. The van der Waals surface area contributed by atoms with Gasteiger partial charge in [-0.3, -0.25) is 4.79 Å². The molecule has 1 atom stereocenters. The third-order valence-electron chi connectivity index (χ3n) is 6.88. The van der Waals surface area contributed by atoms with Crippen LogP contribution >= 0.6 is 7.26 Å². The van der Waals surface area contributed by atoms with Gasteiger partial charge in [0.1, 0.15) is 5.78 Å². The van der Waals surface area contributed by atoms with E-state index in [2.05, 4.69) is 66.8 Å². The van der Waals surface area contributed by atoms with E-state index in [1.54, 1.807) is 0 Å². The molecule has 0 aromatic carbocycles. The van der Waals surface area contributed by atoms with Gasteiger partial charge >= 0.3 is 0 Å². The molecule has 0 saturated heterocycles. The fraction of sp³-hybridized carbons (Fsp3) is 0.885. The van der Waals surface area contributed by atoms with Crippen molar-refractivity contribution in [3.05, 3.63) is 12.2 Å². The van der Waals surface area contributed by atoms with Crippen molar-refractivity contribution in [1.82, 2.24) is 0 Å². The van der Waals surface area contributed by atoms with Crippen LogP contribution in [-0.2, 0) is 9.22 Å². The highest BCUT2D eigenvalue weighted by Gasteiger charge is 2.39. The van der Waals surface area contributed by atoms with Gasteiger partial charge in [0.15, 0.2) is 8.32 Å². The maximum absolute atomic E-state index is 12.3. The van der Waals surface area contributed by atoms with E-state index in [0.717, 1.165) is 0 Å². The highest BCUT2D eigenvalue weighted by atomic mass is 79.9. The Labute approximate surface area is 208 Å². The molecule has 0 spiro atoms. The Morgan fingerprint density at radius 1 is 0.935 bits per heavy atom. The number of unbranched alkanes of at least 4 members (excludes halogenated alkanes) is 3. The van der Waals surface area contributed by atoms with Crippen LogP contribution in [0.5, 0.6) is 0 Å². The van der Waals surface area contributed by atoms with Gasteiger partial charge in [0.2, 0.25) is 0 Å². The molecule has 0 aromatic rings. The second-order valence-electron chi connectivity index (χ2n) is 10.7. The van der Waals surface area contributed by atoms with Crippen LogP contribution in [0.25, 0.3) is 0 Å². The predicted octanol–water partition coefficient (Wildman–Crippen LogP) is 5.72. The molecular weight excluding hydrogens is 483 g/mol. The number of hydrogen-bond acceptors (Lipinski definition) is 2. The number of rotatable bonds is 17. The molecule has 186 valence electrons. The standard InChI is InChI=1S/C26H54O2PSi.BrH/c1-10-14-19-29(20-15-11-2,21-16-12-3)22-17-18-25(23-24(27)13-4)28-30(8,9)26(5,6)7;/h17-18,25H,10-16,19-23H2,1-9H3;1H/q+1;/p-1/b18-17+;/t25-;/m0./s1. The van der Waals surface area contributed by atoms with E-state index in [1.807, 2.05) is 6.92 Å². The first-order chi connectivity index (χ1) is 14.0. The van der Waals surface area contributed by atoms with Crippen LogP contribution in [0.4, 0.5) is 0 Å². The largest absolute Gasteiger partial charge is 1.00 e. The van der Waals surface area contributed by atoms with Crippen LogP contribution in [0, 0.1) is 0 Å². The average molecular weight is 538 g/mol. The fourth-order valence-electron chi connectivity index (χ4n) is 3.60. The molecule has 0 aliphatic rings. The lowest BCUT2D eigenvalue weighted by Gasteiger charge is -2.38. The Morgan fingerprint density at radius 2 is 1.39 bits per heavy atom. The van der Waals surface area contributed by atoms with E-state index in [1.165, 1.54) is 63.2 Å². The van der Waals surface area contributed by atoms with Gasteiger partial charge in [0.05, 0.1) is 30.8 Å². The van der Waals surface area contributed by atoms with Crippen LogP contribution in [-0.4, -0.2) is 44.9 Å². The summed E-state index contributed by atoms with van der Waals surface area (Å²) in [7, 11) is -2.84. The Balaban J connectivity index is 0. The summed E-state index contributed by atoms with van der Waals surface area (Å²) in [5.74, 6) is 0.312. The van der Waals surface area contributed by atoms with Gasteiger partial charge in [-0.25, -0.2) is 0 Å². The topological polar surface area (TPSA) is 26.3 Å². The van der Waals surface area contributed by atoms with E-state index < -0.39 is 15.6 Å². The van der Waals surface area contributed by atoms with Gasteiger partial charge in [0.25, 0.3) is 0 Å². The summed E-state index contributed by atoms with van der Waals surface area (Å²) < 4.78 is 6.68. The van der Waals surface area contributed by atoms with E-state index in [-0.39, 0.29) is 28.1 Å². The van der Waals surface area contributed by atoms with Crippen molar-refractivity contribution in [2.24, 2.45) is 0 Å². The van der Waals surface area contributed by atoms with Gasteiger partial charge in [-0.1, -0.05) is 73.8 Å². The molecule has 2 nitrogen and oxygen atoms in total. The molecule has 31 heavy (non-hydrogen) atoms. The molecule has 0 aliphatic carbocycles. The minimum Gasteiger partial charge on any atom is -1.00 e. The Kier molecular flexibility index (Phi) is 18.5. The maximum atomic E-state index is 12.3. The third-order valence-corrected chi connectivity index (χ3v) is 16.2. The summed E-state index contributed by atoms with van der Waals surface area (Å²) >= 11 is 0. The third kappa shape index (κ3) is 13.7. The molecule has 0 saturated carbocycles. The average Bonchev–Trinajstić information content (AvgIpc) is 2.67. The van der Waals surface area contributed by atoms with Crippen molar-refractivity contribution in [2.75, 3.05) is 24.6 Å². The molecule has 0 bridgehead atoms. The monoisotopic (exact) mass is 536 g/mol. The van der Waals surface area contributed by atoms with Gasteiger partial charge in [-0.15, -0.1) is 0 Å². The molecule has 0 rings (SSSR count). The lowest BCUT2D eigenvalue weighted by Crippen LogP contribution is -3.00. The lowest BCUT2D eigenvalue weighted by molar-refractivity contribution is -0.119. The van der Waals surface area contributed by atoms with E-state index in [4.69, 9.17) is 4.43 Å². The van der Waals surface area contributed by atoms with Crippen LogP contribution < -0.4 is 17.0 Å². The molecule has 0 fully saturated rings. The zero-order chi connectivity index (χ0) is 23.3. The fourth-order valence-corrected chi connectivity index (χ4v) is 9.62. The van der Waals surface area contributed by atoms with E-state index >= 15 is 0 Å².